The molecule has 0 aliphatic heterocycles. The number of hydrogen-bond donors (Lipinski definition) is 2. The molecular formula is C18H16ClN7O2S. The molecule has 0 spiro atoms. The number of hydrogen-bond acceptors (Lipinski definition) is 7. The monoisotopic (exact) mass is 429 g/mol. The first-order valence-electron chi connectivity index (χ1n) is 8.80. The Kier molecular flexibility index (Phi) is 5.72. The number of aromatic nitrogens is 5. The van der Waals surface area contributed by atoms with E-state index in [-0.39, 0.29) is 28.8 Å². The number of carbonyl (C=O) groups is 2. The molecule has 0 saturated heterocycles. The molecule has 0 radical (unpaired) electrons. The molecule has 0 bridgehead atoms. The van der Waals surface area contributed by atoms with Crippen molar-refractivity contribution in [2.24, 2.45) is 0 Å². The van der Waals surface area contributed by atoms with Gasteiger partial charge in [0.15, 0.2) is 16.7 Å². The van der Waals surface area contributed by atoms with Crippen molar-refractivity contribution >= 4 is 40.9 Å². The van der Waals surface area contributed by atoms with Gasteiger partial charge in [0.25, 0.3) is 5.91 Å². The highest BCUT2D eigenvalue weighted by molar-refractivity contribution is 7.99. The van der Waals surface area contributed by atoms with Crippen molar-refractivity contribution in [2.45, 2.75) is 23.9 Å². The Bertz CT molecular complexity index is 1050. The Hall–Kier alpha value is -2.98. The second kappa shape index (κ2) is 8.58. The van der Waals surface area contributed by atoms with Crippen molar-refractivity contribution < 1.29 is 9.59 Å². The lowest BCUT2D eigenvalue weighted by molar-refractivity contribution is -0.113. The van der Waals surface area contributed by atoms with Crippen LogP contribution in [0.2, 0.25) is 5.15 Å². The van der Waals surface area contributed by atoms with E-state index in [4.69, 9.17) is 11.6 Å². The Morgan fingerprint density at radius 3 is 2.90 bits per heavy atom. The fourth-order valence-electron chi connectivity index (χ4n) is 2.40. The van der Waals surface area contributed by atoms with Gasteiger partial charge in [-0.1, -0.05) is 23.4 Å². The molecule has 1 aliphatic carbocycles. The predicted octanol–water partition coefficient (Wildman–Crippen LogP) is 2.33. The molecule has 4 rings (SSSR count). The lowest BCUT2D eigenvalue weighted by Crippen LogP contribution is -2.25. The Morgan fingerprint density at radius 2 is 2.10 bits per heavy atom. The normalized spacial score (nSPS) is 13.1. The maximum atomic E-state index is 12.1. The van der Waals surface area contributed by atoms with E-state index in [9.17, 15) is 9.59 Å². The zero-order valence-electron chi connectivity index (χ0n) is 15.1. The van der Waals surface area contributed by atoms with E-state index >= 15 is 0 Å². The Morgan fingerprint density at radius 1 is 1.24 bits per heavy atom. The summed E-state index contributed by atoms with van der Waals surface area (Å²) in [5, 5.41) is 10.7. The van der Waals surface area contributed by atoms with E-state index in [0.29, 0.717) is 22.2 Å². The summed E-state index contributed by atoms with van der Waals surface area (Å²) in [5.41, 5.74) is 0.786. The van der Waals surface area contributed by atoms with E-state index in [1.54, 1.807) is 36.7 Å². The third-order valence-electron chi connectivity index (χ3n) is 3.98. The maximum absolute atomic E-state index is 12.1. The van der Waals surface area contributed by atoms with Crippen LogP contribution in [0.25, 0.3) is 5.82 Å². The van der Waals surface area contributed by atoms with Gasteiger partial charge >= 0.3 is 0 Å². The molecular weight excluding hydrogens is 414 g/mol. The van der Waals surface area contributed by atoms with Crippen LogP contribution < -0.4 is 10.6 Å². The minimum Gasteiger partial charge on any atom is -0.348 e. The summed E-state index contributed by atoms with van der Waals surface area (Å²) in [5.74, 6) is 0.211. The largest absolute Gasteiger partial charge is 0.348 e. The van der Waals surface area contributed by atoms with Crippen LogP contribution in [0.3, 0.4) is 0 Å². The van der Waals surface area contributed by atoms with Gasteiger partial charge in [0.05, 0.1) is 11.4 Å². The van der Waals surface area contributed by atoms with Gasteiger partial charge in [-0.15, -0.1) is 0 Å². The highest BCUT2D eigenvalue weighted by atomic mass is 35.5. The fraction of sp³-hybridized carbons (Fsp3) is 0.222. The van der Waals surface area contributed by atoms with Crippen LogP contribution >= 0.6 is 23.4 Å². The molecule has 1 saturated carbocycles. The molecule has 3 aromatic rings. The minimum atomic E-state index is -0.233. The summed E-state index contributed by atoms with van der Waals surface area (Å²) in [6.45, 7) is 0. The number of nitrogens with zero attached hydrogens (tertiary/aromatic N) is 5. The van der Waals surface area contributed by atoms with Crippen LogP contribution in [-0.2, 0) is 4.79 Å². The van der Waals surface area contributed by atoms with E-state index in [2.05, 4.69) is 30.7 Å². The predicted molar refractivity (Wildman–Crippen MR) is 108 cm³/mol. The van der Waals surface area contributed by atoms with Crippen LogP contribution in [0.15, 0.2) is 48.0 Å². The van der Waals surface area contributed by atoms with Gasteiger partial charge in [-0.25, -0.2) is 19.6 Å². The first kappa shape index (κ1) is 19.3. The van der Waals surface area contributed by atoms with Crippen LogP contribution in [0.5, 0.6) is 0 Å². The Labute approximate surface area is 175 Å². The Balaban J connectivity index is 1.37. The fourth-order valence-corrected chi connectivity index (χ4v) is 3.23. The van der Waals surface area contributed by atoms with Gasteiger partial charge in [0.1, 0.15) is 11.4 Å². The smallest absolute Gasteiger partial charge is 0.272 e. The molecule has 2 amide bonds. The first-order valence-corrected chi connectivity index (χ1v) is 10.2. The number of pyridine rings is 1. The lowest BCUT2D eigenvalue weighted by Gasteiger charge is -2.06. The number of carbonyl (C=O) groups excluding carboxylic acids is 2. The number of rotatable bonds is 7. The molecule has 1 aliphatic rings. The first-order chi connectivity index (χ1) is 14.1. The summed E-state index contributed by atoms with van der Waals surface area (Å²) < 4.78 is 1.50. The molecule has 0 unspecified atom stereocenters. The van der Waals surface area contributed by atoms with Crippen molar-refractivity contribution in [3.05, 3.63) is 53.8 Å². The van der Waals surface area contributed by atoms with Crippen molar-refractivity contribution in [3.8, 4) is 5.82 Å². The molecule has 3 heterocycles. The van der Waals surface area contributed by atoms with E-state index < -0.39 is 0 Å². The van der Waals surface area contributed by atoms with Gasteiger partial charge in [-0.2, -0.15) is 5.10 Å². The van der Waals surface area contributed by atoms with Crippen molar-refractivity contribution in [1.29, 1.82) is 0 Å². The van der Waals surface area contributed by atoms with Gasteiger partial charge in [-0.05, 0) is 31.0 Å². The third-order valence-corrected chi connectivity index (χ3v) is 5.21. The second-order valence-corrected chi connectivity index (χ2v) is 7.64. The minimum absolute atomic E-state index is 0.135. The number of thioether (sulfide) groups is 1. The van der Waals surface area contributed by atoms with Gasteiger partial charge < -0.3 is 10.6 Å². The number of amides is 2. The molecule has 1 fully saturated rings. The van der Waals surface area contributed by atoms with Gasteiger partial charge in [0.2, 0.25) is 5.91 Å². The quantitative estimate of drug-likeness (QED) is 0.336. The SMILES string of the molecule is O=C(CSc1cc(-n2ccc(C(=O)NC3CC3)n2)ncn1)Nc1cccnc1Cl. The van der Waals surface area contributed by atoms with Crippen LogP contribution in [0.4, 0.5) is 5.69 Å². The zero-order valence-corrected chi connectivity index (χ0v) is 16.7. The molecule has 2 N–H and O–H groups in total. The van der Waals surface area contributed by atoms with Crippen molar-refractivity contribution in [2.75, 3.05) is 11.1 Å². The number of nitrogens with one attached hydrogen (secondary N) is 2. The molecule has 9 nitrogen and oxygen atoms in total. The zero-order chi connectivity index (χ0) is 20.2. The molecule has 3 aromatic heterocycles. The van der Waals surface area contributed by atoms with Gasteiger partial charge in [0, 0.05) is 24.5 Å². The molecule has 148 valence electrons. The van der Waals surface area contributed by atoms with Gasteiger partial charge in [-0.3, -0.25) is 9.59 Å². The summed E-state index contributed by atoms with van der Waals surface area (Å²) in [7, 11) is 0. The summed E-state index contributed by atoms with van der Waals surface area (Å²) in [4.78, 5) is 36.5. The molecule has 0 atom stereocenters. The van der Waals surface area contributed by atoms with Crippen molar-refractivity contribution in [3.63, 3.8) is 0 Å². The highest BCUT2D eigenvalue weighted by Gasteiger charge is 2.24. The molecule has 11 heteroatoms. The standard InChI is InChI=1S/C18H16ClN7O2S/c19-17-12(2-1-6-20-17)24-15(27)9-29-16-8-14(21-10-22-16)26-7-5-13(25-26)18(28)23-11-3-4-11/h1-2,5-8,10-11H,3-4,9H2,(H,23,28)(H,24,27). The van der Waals surface area contributed by atoms with Crippen LogP contribution in [-0.4, -0.2) is 48.3 Å². The third kappa shape index (κ3) is 5.09. The van der Waals surface area contributed by atoms with Crippen LogP contribution in [0.1, 0.15) is 23.3 Å². The average molecular weight is 430 g/mol. The molecule has 29 heavy (non-hydrogen) atoms. The topological polar surface area (TPSA) is 115 Å². The summed E-state index contributed by atoms with van der Waals surface area (Å²) in [6.07, 6.45) is 6.62. The number of anilines is 1. The van der Waals surface area contributed by atoms with Crippen LogP contribution in [0, 0.1) is 0 Å². The van der Waals surface area contributed by atoms with E-state index in [0.717, 1.165) is 12.8 Å². The highest BCUT2D eigenvalue weighted by Crippen LogP contribution is 2.21. The van der Waals surface area contributed by atoms with E-state index in [1.165, 1.54) is 22.8 Å². The second-order valence-electron chi connectivity index (χ2n) is 6.29. The number of halogens is 1. The van der Waals surface area contributed by atoms with Crippen molar-refractivity contribution in [1.82, 2.24) is 30.0 Å². The summed E-state index contributed by atoms with van der Waals surface area (Å²) in [6, 6.07) is 6.97. The molecule has 0 aromatic carbocycles. The maximum Gasteiger partial charge on any atom is 0.272 e. The summed E-state index contributed by atoms with van der Waals surface area (Å²) >= 11 is 7.18. The lowest BCUT2D eigenvalue weighted by atomic mass is 10.4. The average Bonchev–Trinajstić information content (AvgIpc) is 3.39. The van der Waals surface area contributed by atoms with E-state index in [1.807, 2.05) is 0 Å².